The van der Waals surface area contributed by atoms with Gasteiger partial charge in [-0.15, -0.1) is 0 Å². The van der Waals surface area contributed by atoms with E-state index >= 15 is 0 Å². The summed E-state index contributed by atoms with van der Waals surface area (Å²) < 4.78 is 0. The number of H-pyrrole nitrogens is 1. The lowest BCUT2D eigenvalue weighted by molar-refractivity contribution is 0.761. The van der Waals surface area contributed by atoms with Crippen LogP contribution in [0.1, 0.15) is 5.69 Å². The number of nitrogens with zero attached hydrogens (tertiary/aromatic N) is 2. The van der Waals surface area contributed by atoms with E-state index in [9.17, 15) is 0 Å². The van der Waals surface area contributed by atoms with Crippen molar-refractivity contribution >= 4 is 11.9 Å². The van der Waals surface area contributed by atoms with Gasteiger partial charge in [0.2, 0.25) is 0 Å². The third kappa shape index (κ3) is 0.823. The maximum absolute atomic E-state index is 4.17. The Balaban J connectivity index is 2.42. The van der Waals surface area contributed by atoms with Crippen LogP contribution in [0.5, 0.6) is 0 Å². The molecule has 0 amide bonds. The normalized spacial score (nSPS) is 16.4. The van der Waals surface area contributed by atoms with Crippen molar-refractivity contribution in [3.05, 3.63) is 11.9 Å². The Morgan fingerprint density at radius 1 is 1.50 bits per heavy atom. The molecule has 1 aromatic rings. The monoisotopic (exact) mass is 136 g/mol. The van der Waals surface area contributed by atoms with Crippen LogP contribution in [-0.4, -0.2) is 23.0 Å². The smallest absolute Gasteiger partial charge is 0.105 e. The molecule has 0 bridgehead atoms. The second-order valence-corrected chi connectivity index (χ2v) is 2.18. The Kier molecular flexibility index (Phi) is 1.25. The summed E-state index contributed by atoms with van der Waals surface area (Å²) in [6.07, 6.45) is 3.58. The van der Waals surface area contributed by atoms with Crippen LogP contribution in [0.2, 0.25) is 0 Å². The van der Waals surface area contributed by atoms with Crippen LogP contribution in [0.3, 0.4) is 0 Å². The average molecular weight is 136 g/mol. The summed E-state index contributed by atoms with van der Waals surface area (Å²) in [6, 6.07) is 0. The van der Waals surface area contributed by atoms with E-state index in [-0.39, 0.29) is 0 Å². The highest BCUT2D eigenvalue weighted by Crippen LogP contribution is 2.15. The van der Waals surface area contributed by atoms with Crippen molar-refractivity contribution in [3.8, 4) is 0 Å². The molecule has 0 saturated heterocycles. The van der Waals surface area contributed by atoms with E-state index in [1.807, 2.05) is 6.21 Å². The molecule has 2 rings (SSSR count). The summed E-state index contributed by atoms with van der Waals surface area (Å²) in [5.41, 5.74) is 2.01. The molecule has 0 atom stereocenters. The standard InChI is InChI=1S/C6H8N4/c1-2-8-5-4-9-10-6(5)3-7-1/h2,4,7H,1,3H2,(H,9,10). The topological polar surface area (TPSA) is 53.1 Å². The molecular weight excluding hydrogens is 128 g/mol. The molecule has 0 fully saturated rings. The fourth-order valence-electron chi connectivity index (χ4n) is 0.954. The van der Waals surface area contributed by atoms with Crippen molar-refractivity contribution in [3.63, 3.8) is 0 Å². The maximum atomic E-state index is 4.17. The lowest BCUT2D eigenvalue weighted by Gasteiger charge is -1.93. The van der Waals surface area contributed by atoms with Gasteiger partial charge in [0, 0.05) is 19.3 Å². The predicted molar refractivity (Wildman–Crippen MR) is 38.4 cm³/mol. The second kappa shape index (κ2) is 2.22. The maximum Gasteiger partial charge on any atom is 0.105 e. The van der Waals surface area contributed by atoms with Gasteiger partial charge in [-0.1, -0.05) is 0 Å². The quantitative estimate of drug-likeness (QED) is 0.536. The highest BCUT2D eigenvalue weighted by molar-refractivity contribution is 5.66. The molecule has 4 nitrogen and oxygen atoms in total. The van der Waals surface area contributed by atoms with Crippen LogP contribution < -0.4 is 5.32 Å². The zero-order valence-corrected chi connectivity index (χ0v) is 5.46. The van der Waals surface area contributed by atoms with Crippen molar-refractivity contribution in [1.29, 1.82) is 0 Å². The number of aromatic nitrogens is 2. The first-order valence-electron chi connectivity index (χ1n) is 3.22. The minimum absolute atomic E-state index is 0.829. The molecule has 10 heavy (non-hydrogen) atoms. The van der Waals surface area contributed by atoms with E-state index < -0.39 is 0 Å². The number of aromatic amines is 1. The first-order chi connectivity index (χ1) is 4.97. The van der Waals surface area contributed by atoms with Crippen molar-refractivity contribution < 1.29 is 0 Å². The van der Waals surface area contributed by atoms with Gasteiger partial charge in [-0.3, -0.25) is 10.1 Å². The summed E-state index contributed by atoms with van der Waals surface area (Å²) in [7, 11) is 0. The molecule has 0 saturated carbocycles. The number of rotatable bonds is 0. The zero-order valence-electron chi connectivity index (χ0n) is 5.46. The Morgan fingerprint density at radius 3 is 3.50 bits per heavy atom. The van der Waals surface area contributed by atoms with E-state index in [4.69, 9.17) is 0 Å². The van der Waals surface area contributed by atoms with Crippen molar-refractivity contribution in [1.82, 2.24) is 15.5 Å². The van der Waals surface area contributed by atoms with Crippen LogP contribution in [-0.2, 0) is 6.54 Å². The largest absolute Gasteiger partial charge is 0.306 e. The van der Waals surface area contributed by atoms with Crippen molar-refractivity contribution in [2.75, 3.05) is 6.54 Å². The summed E-state index contributed by atoms with van der Waals surface area (Å²) >= 11 is 0. The van der Waals surface area contributed by atoms with E-state index in [0.29, 0.717) is 0 Å². The van der Waals surface area contributed by atoms with Gasteiger partial charge in [0.05, 0.1) is 11.9 Å². The summed E-state index contributed by atoms with van der Waals surface area (Å²) in [5.74, 6) is 0. The first kappa shape index (κ1) is 5.61. The lowest BCUT2D eigenvalue weighted by Crippen LogP contribution is -2.13. The first-order valence-corrected chi connectivity index (χ1v) is 3.22. The molecule has 0 aromatic carbocycles. The van der Waals surface area contributed by atoms with Gasteiger partial charge in [-0.05, 0) is 0 Å². The van der Waals surface area contributed by atoms with Gasteiger partial charge in [0.15, 0.2) is 0 Å². The van der Waals surface area contributed by atoms with Crippen LogP contribution >= 0.6 is 0 Å². The van der Waals surface area contributed by atoms with Gasteiger partial charge in [0.1, 0.15) is 5.69 Å². The molecule has 0 radical (unpaired) electrons. The molecule has 52 valence electrons. The summed E-state index contributed by atoms with van der Waals surface area (Å²) in [5, 5.41) is 9.91. The van der Waals surface area contributed by atoms with Gasteiger partial charge in [0.25, 0.3) is 0 Å². The predicted octanol–water partition coefficient (Wildman–Crippen LogP) is 0.215. The Bertz CT molecular complexity index is 250. The fourth-order valence-corrected chi connectivity index (χ4v) is 0.954. The highest BCUT2D eigenvalue weighted by atomic mass is 15.1. The van der Waals surface area contributed by atoms with Crippen LogP contribution in [0.4, 0.5) is 5.69 Å². The molecule has 0 unspecified atom stereocenters. The van der Waals surface area contributed by atoms with E-state index in [1.54, 1.807) is 6.20 Å². The minimum atomic E-state index is 0.829. The summed E-state index contributed by atoms with van der Waals surface area (Å²) in [6.45, 7) is 1.66. The van der Waals surface area contributed by atoms with Gasteiger partial charge >= 0.3 is 0 Å². The molecule has 0 aliphatic carbocycles. The molecule has 1 aliphatic rings. The van der Waals surface area contributed by atoms with Crippen molar-refractivity contribution in [2.24, 2.45) is 4.99 Å². The van der Waals surface area contributed by atoms with E-state index in [2.05, 4.69) is 20.5 Å². The number of nitrogens with one attached hydrogen (secondary N) is 2. The Morgan fingerprint density at radius 2 is 2.50 bits per heavy atom. The number of aliphatic imine (C=N–C) groups is 1. The third-order valence-electron chi connectivity index (χ3n) is 1.46. The van der Waals surface area contributed by atoms with E-state index in [0.717, 1.165) is 24.5 Å². The van der Waals surface area contributed by atoms with E-state index in [1.165, 1.54) is 0 Å². The minimum Gasteiger partial charge on any atom is -0.306 e. The SMILES string of the molecule is C1=Nc2cn[nH]c2CNC1. The second-order valence-electron chi connectivity index (χ2n) is 2.18. The number of hydrogen-bond acceptors (Lipinski definition) is 3. The van der Waals surface area contributed by atoms with Crippen molar-refractivity contribution in [2.45, 2.75) is 6.54 Å². The van der Waals surface area contributed by atoms with Gasteiger partial charge < -0.3 is 5.32 Å². The third-order valence-corrected chi connectivity index (χ3v) is 1.46. The summed E-state index contributed by atoms with van der Waals surface area (Å²) in [4.78, 5) is 4.17. The van der Waals surface area contributed by atoms with Gasteiger partial charge in [-0.25, -0.2) is 0 Å². The molecule has 0 spiro atoms. The molecule has 4 heteroatoms. The fraction of sp³-hybridized carbons (Fsp3) is 0.333. The molecular formula is C6H8N4. The Hall–Kier alpha value is -1.16. The lowest BCUT2D eigenvalue weighted by atomic mass is 10.4. The average Bonchev–Trinajstić information content (AvgIpc) is 2.28. The van der Waals surface area contributed by atoms with Crippen LogP contribution in [0, 0.1) is 0 Å². The molecule has 1 aromatic heterocycles. The Labute approximate surface area is 58.4 Å². The molecule has 2 heterocycles. The molecule has 1 aliphatic heterocycles. The zero-order chi connectivity index (χ0) is 6.81. The number of fused-ring (bicyclic) bond motifs is 1. The highest BCUT2D eigenvalue weighted by Gasteiger charge is 2.03. The van der Waals surface area contributed by atoms with Crippen LogP contribution in [0.15, 0.2) is 11.2 Å². The molecule has 2 N–H and O–H groups in total. The number of hydrogen-bond donors (Lipinski definition) is 2. The van der Waals surface area contributed by atoms with Crippen LogP contribution in [0.25, 0.3) is 0 Å². The van der Waals surface area contributed by atoms with Gasteiger partial charge in [-0.2, -0.15) is 5.10 Å².